The average molecular weight is 376 g/mol. The van der Waals surface area contributed by atoms with Gasteiger partial charge in [-0.2, -0.15) is 0 Å². The van der Waals surface area contributed by atoms with Crippen molar-refractivity contribution >= 4 is 29.1 Å². The van der Waals surface area contributed by atoms with Crippen molar-refractivity contribution in [2.24, 2.45) is 5.16 Å². The van der Waals surface area contributed by atoms with Crippen molar-refractivity contribution in [1.29, 1.82) is 0 Å². The van der Waals surface area contributed by atoms with Crippen molar-refractivity contribution in [1.82, 2.24) is 25.4 Å². The van der Waals surface area contributed by atoms with Gasteiger partial charge in [-0.15, -0.1) is 15.0 Å². The van der Waals surface area contributed by atoms with Crippen LogP contribution in [0.25, 0.3) is 5.82 Å². The van der Waals surface area contributed by atoms with Crippen LogP contribution in [0.4, 0.5) is 10.5 Å². The number of hydrogen-bond donors (Lipinski definition) is 1. The molecule has 134 valence electrons. The van der Waals surface area contributed by atoms with Crippen LogP contribution in [0.3, 0.4) is 0 Å². The summed E-state index contributed by atoms with van der Waals surface area (Å²) in [4.78, 5) is 17.7. The van der Waals surface area contributed by atoms with Crippen LogP contribution in [-0.4, -0.2) is 37.2 Å². The summed E-state index contributed by atoms with van der Waals surface area (Å²) in [5.74, 6) is 1.46. The molecule has 0 saturated carbocycles. The molecule has 11 heteroatoms. The molecule has 0 atom stereocenters. The number of halogens is 1. The van der Waals surface area contributed by atoms with Crippen LogP contribution in [0.1, 0.15) is 18.5 Å². The van der Waals surface area contributed by atoms with Gasteiger partial charge in [0.1, 0.15) is 5.76 Å². The highest BCUT2D eigenvalue weighted by atomic mass is 35.5. The van der Waals surface area contributed by atoms with Crippen LogP contribution < -0.4 is 5.32 Å². The second kappa shape index (κ2) is 7.74. The maximum atomic E-state index is 11.7. The van der Waals surface area contributed by atoms with Crippen LogP contribution in [-0.2, 0) is 11.3 Å². The molecule has 0 fully saturated rings. The van der Waals surface area contributed by atoms with E-state index in [9.17, 15) is 4.79 Å². The van der Waals surface area contributed by atoms with Crippen molar-refractivity contribution in [3.05, 3.63) is 46.9 Å². The van der Waals surface area contributed by atoms with Crippen molar-refractivity contribution in [2.45, 2.75) is 20.3 Å². The molecular formula is C15H14ClN7O3. The maximum Gasteiger partial charge on any atom is 0.437 e. The van der Waals surface area contributed by atoms with Gasteiger partial charge in [0.2, 0.25) is 5.82 Å². The molecule has 1 N–H and O–H groups in total. The number of nitrogens with zero attached hydrogens (tertiary/aromatic N) is 6. The molecule has 1 aromatic carbocycles. The number of hydrogen-bond acceptors (Lipinski definition) is 8. The van der Waals surface area contributed by atoms with E-state index in [0.717, 1.165) is 0 Å². The van der Waals surface area contributed by atoms with Crippen LogP contribution >= 0.6 is 11.6 Å². The van der Waals surface area contributed by atoms with E-state index in [0.29, 0.717) is 33.8 Å². The third-order valence-electron chi connectivity index (χ3n) is 3.06. The third kappa shape index (κ3) is 4.63. The monoisotopic (exact) mass is 375 g/mol. The second-order valence-electron chi connectivity index (χ2n) is 5.30. The number of tetrazole rings is 1. The Labute approximate surface area is 152 Å². The summed E-state index contributed by atoms with van der Waals surface area (Å²) in [5.41, 5.74) is 1.03. The number of anilines is 1. The number of nitrogens with one attached hydrogen (secondary N) is 1. The van der Waals surface area contributed by atoms with E-state index in [1.54, 1.807) is 44.2 Å². The highest BCUT2D eigenvalue weighted by Crippen LogP contribution is 2.13. The fourth-order valence-corrected chi connectivity index (χ4v) is 2.04. The Balaban J connectivity index is 1.54. The first-order valence-corrected chi connectivity index (χ1v) is 7.87. The molecule has 2 aromatic heterocycles. The smallest absolute Gasteiger partial charge is 0.359 e. The Morgan fingerprint density at radius 3 is 2.85 bits per heavy atom. The van der Waals surface area contributed by atoms with E-state index < -0.39 is 6.09 Å². The zero-order valence-corrected chi connectivity index (χ0v) is 14.6. The minimum atomic E-state index is -0.721. The lowest BCUT2D eigenvalue weighted by Crippen LogP contribution is -2.12. The molecule has 0 spiro atoms. The number of carbonyl (C=O) groups excluding carboxylic acids is 1. The molecule has 2 heterocycles. The largest absolute Gasteiger partial charge is 0.437 e. The van der Waals surface area contributed by atoms with Gasteiger partial charge < -0.3 is 4.52 Å². The Morgan fingerprint density at radius 2 is 2.15 bits per heavy atom. The molecule has 1 amide bonds. The lowest BCUT2D eigenvalue weighted by atomic mass is 10.3. The standard InChI is InChI=1S/C15H14ClN7O3/c1-9(20-26-15(24)17-12-5-3-11(16)4-6-12)7-13-18-22-23(19-13)14-8-10(2)25-21-14/h3-6,8H,7H2,1-2H3,(H,17,24)/b20-9-. The number of aromatic nitrogens is 5. The van der Waals surface area contributed by atoms with Gasteiger partial charge in [0.05, 0.1) is 12.1 Å². The molecule has 3 aromatic rings. The summed E-state index contributed by atoms with van der Waals surface area (Å²) in [5, 5.41) is 22.6. The minimum absolute atomic E-state index is 0.255. The van der Waals surface area contributed by atoms with E-state index >= 15 is 0 Å². The maximum absolute atomic E-state index is 11.7. The molecular weight excluding hydrogens is 362 g/mol. The molecule has 0 radical (unpaired) electrons. The Bertz CT molecular complexity index is 933. The van der Waals surface area contributed by atoms with E-state index in [4.69, 9.17) is 21.0 Å². The number of oxime groups is 1. The number of benzene rings is 1. The van der Waals surface area contributed by atoms with Gasteiger partial charge in [0, 0.05) is 16.8 Å². The highest BCUT2D eigenvalue weighted by Gasteiger charge is 2.10. The van der Waals surface area contributed by atoms with E-state index in [-0.39, 0.29) is 6.42 Å². The fraction of sp³-hybridized carbons (Fsp3) is 0.200. The normalized spacial score (nSPS) is 11.4. The average Bonchev–Trinajstić information content (AvgIpc) is 3.24. The summed E-state index contributed by atoms with van der Waals surface area (Å²) in [6, 6.07) is 8.27. The first-order valence-electron chi connectivity index (χ1n) is 7.49. The molecule has 3 rings (SSSR count). The molecule has 0 aliphatic heterocycles. The van der Waals surface area contributed by atoms with Gasteiger partial charge in [-0.3, -0.25) is 10.2 Å². The summed E-state index contributed by atoms with van der Waals surface area (Å²) < 4.78 is 4.96. The number of amides is 1. The van der Waals surface area contributed by atoms with Gasteiger partial charge in [0.25, 0.3) is 0 Å². The Morgan fingerprint density at radius 1 is 1.38 bits per heavy atom. The fourth-order valence-electron chi connectivity index (χ4n) is 1.91. The first-order chi connectivity index (χ1) is 12.5. The van der Waals surface area contributed by atoms with Crippen LogP contribution in [0.5, 0.6) is 0 Å². The molecule has 0 aliphatic carbocycles. The van der Waals surface area contributed by atoms with Crippen molar-refractivity contribution < 1.29 is 14.2 Å². The molecule has 10 nitrogen and oxygen atoms in total. The lowest BCUT2D eigenvalue weighted by molar-refractivity contribution is 0.166. The number of carbonyl (C=O) groups is 1. The molecule has 0 aliphatic rings. The van der Waals surface area contributed by atoms with Gasteiger partial charge in [0.15, 0.2) is 5.82 Å². The Kier molecular flexibility index (Phi) is 5.23. The summed E-state index contributed by atoms with van der Waals surface area (Å²) in [6.45, 7) is 3.44. The molecule has 0 unspecified atom stereocenters. The lowest BCUT2D eigenvalue weighted by Gasteiger charge is -2.03. The minimum Gasteiger partial charge on any atom is -0.359 e. The van der Waals surface area contributed by atoms with Crippen molar-refractivity contribution in [3.63, 3.8) is 0 Å². The zero-order valence-electron chi connectivity index (χ0n) is 13.9. The van der Waals surface area contributed by atoms with E-state index in [2.05, 4.69) is 31.0 Å². The summed E-state index contributed by atoms with van der Waals surface area (Å²) >= 11 is 5.78. The first kappa shape index (κ1) is 17.5. The highest BCUT2D eigenvalue weighted by molar-refractivity contribution is 6.30. The van der Waals surface area contributed by atoms with Gasteiger partial charge in [-0.1, -0.05) is 21.9 Å². The topological polar surface area (TPSA) is 120 Å². The zero-order chi connectivity index (χ0) is 18.5. The summed E-state index contributed by atoms with van der Waals surface area (Å²) in [7, 11) is 0. The van der Waals surface area contributed by atoms with E-state index in [1.165, 1.54) is 4.80 Å². The van der Waals surface area contributed by atoms with Crippen molar-refractivity contribution in [2.75, 3.05) is 5.32 Å². The quantitative estimate of drug-likeness (QED) is 0.413. The predicted octanol–water partition coefficient (Wildman–Crippen LogP) is 2.78. The Hall–Kier alpha value is -3.27. The molecule has 0 bridgehead atoms. The van der Waals surface area contributed by atoms with E-state index in [1.807, 2.05) is 0 Å². The SMILES string of the molecule is C/C(Cc1nnn(-c2cc(C)on2)n1)=N/OC(=O)Nc1ccc(Cl)cc1. The second-order valence-corrected chi connectivity index (χ2v) is 5.74. The van der Waals surface area contributed by atoms with Gasteiger partial charge in [-0.25, -0.2) is 4.79 Å². The molecule has 0 saturated heterocycles. The summed E-state index contributed by atoms with van der Waals surface area (Å²) in [6.07, 6.45) is -0.466. The van der Waals surface area contributed by atoms with Crippen LogP contribution in [0.2, 0.25) is 5.02 Å². The van der Waals surface area contributed by atoms with Gasteiger partial charge in [-0.05, 0) is 43.3 Å². The van der Waals surface area contributed by atoms with Gasteiger partial charge >= 0.3 is 6.09 Å². The number of rotatable bonds is 5. The third-order valence-corrected chi connectivity index (χ3v) is 3.32. The van der Waals surface area contributed by atoms with Crippen LogP contribution in [0.15, 0.2) is 40.0 Å². The predicted molar refractivity (Wildman–Crippen MR) is 92.3 cm³/mol. The van der Waals surface area contributed by atoms with Crippen molar-refractivity contribution in [3.8, 4) is 5.82 Å². The van der Waals surface area contributed by atoms with Crippen LogP contribution in [0, 0.1) is 6.92 Å². The number of aryl methyl sites for hydroxylation is 1. The molecule has 26 heavy (non-hydrogen) atoms.